The van der Waals surface area contributed by atoms with Gasteiger partial charge in [-0.3, -0.25) is 0 Å². The first-order valence-electron chi connectivity index (χ1n) is 6.64. The van der Waals surface area contributed by atoms with E-state index < -0.39 is 0 Å². The largest absolute Gasteiger partial charge is 0.322 e. The van der Waals surface area contributed by atoms with Crippen molar-refractivity contribution in [2.75, 3.05) is 0 Å². The van der Waals surface area contributed by atoms with Crippen LogP contribution >= 0.6 is 15.9 Å². The van der Waals surface area contributed by atoms with Crippen molar-refractivity contribution in [1.29, 1.82) is 0 Å². The van der Waals surface area contributed by atoms with Gasteiger partial charge in [-0.15, -0.1) is 0 Å². The zero-order valence-corrected chi connectivity index (χ0v) is 12.2. The van der Waals surface area contributed by atoms with Crippen molar-refractivity contribution < 1.29 is 0 Å². The predicted molar refractivity (Wildman–Crippen MR) is 77.7 cm³/mol. The molecule has 0 spiro atoms. The molecule has 0 unspecified atom stereocenters. The molecule has 94 valence electrons. The van der Waals surface area contributed by atoms with Crippen LogP contribution in [0, 0.1) is 0 Å². The average molecular weight is 305 g/mol. The van der Waals surface area contributed by atoms with E-state index in [1.165, 1.54) is 29.7 Å². The van der Waals surface area contributed by atoms with Gasteiger partial charge in [-0.25, -0.2) is 4.98 Å². The van der Waals surface area contributed by atoms with Crippen LogP contribution in [0.25, 0.3) is 11.3 Å². The first-order chi connectivity index (χ1) is 8.79. The minimum absolute atomic E-state index is 0.978. The third-order valence-corrected chi connectivity index (χ3v) is 4.31. The highest BCUT2D eigenvalue weighted by molar-refractivity contribution is 9.10. The fraction of sp³-hybridized carbons (Fsp3) is 0.400. The summed E-state index contributed by atoms with van der Waals surface area (Å²) in [6.45, 7) is 3.28. The average Bonchev–Trinajstić information content (AvgIpc) is 2.77. The number of fused-ring (bicyclic) bond motifs is 1. The number of halogens is 1. The first-order valence-corrected chi connectivity index (χ1v) is 7.43. The molecule has 2 nitrogen and oxygen atoms in total. The molecular formula is C15H17BrN2. The van der Waals surface area contributed by atoms with Gasteiger partial charge in [-0.1, -0.05) is 31.2 Å². The van der Waals surface area contributed by atoms with E-state index >= 15 is 0 Å². The Bertz CT molecular complexity index is 555. The van der Waals surface area contributed by atoms with Crippen LogP contribution in [0.4, 0.5) is 0 Å². The van der Waals surface area contributed by atoms with Gasteiger partial charge in [-0.05, 0) is 47.2 Å². The van der Waals surface area contributed by atoms with Crippen molar-refractivity contribution in [1.82, 2.24) is 9.55 Å². The molecule has 1 aliphatic rings. The lowest BCUT2D eigenvalue weighted by molar-refractivity contribution is 0.525. The highest BCUT2D eigenvalue weighted by atomic mass is 79.9. The fourth-order valence-corrected chi connectivity index (χ4v) is 3.20. The summed E-state index contributed by atoms with van der Waals surface area (Å²) in [7, 11) is 0. The van der Waals surface area contributed by atoms with Crippen molar-refractivity contribution in [3.63, 3.8) is 0 Å². The van der Waals surface area contributed by atoms with Crippen LogP contribution in [0.3, 0.4) is 0 Å². The number of benzene rings is 1. The molecule has 1 aliphatic heterocycles. The zero-order chi connectivity index (χ0) is 12.5. The molecule has 3 rings (SSSR count). The summed E-state index contributed by atoms with van der Waals surface area (Å²) in [5, 5.41) is 0. The minimum Gasteiger partial charge on any atom is -0.322 e. The molecule has 1 aromatic heterocycles. The van der Waals surface area contributed by atoms with Gasteiger partial charge in [0.1, 0.15) is 0 Å². The summed E-state index contributed by atoms with van der Waals surface area (Å²) in [6, 6.07) is 8.81. The second-order valence-corrected chi connectivity index (χ2v) is 5.54. The molecule has 0 bridgehead atoms. The molecule has 1 aromatic carbocycles. The molecule has 0 saturated heterocycles. The molecule has 0 atom stereocenters. The monoisotopic (exact) mass is 304 g/mol. The van der Waals surface area contributed by atoms with Gasteiger partial charge in [-0.2, -0.15) is 0 Å². The summed E-state index contributed by atoms with van der Waals surface area (Å²) in [5.41, 5.74) is 5.16. The number of hydrogen-bond donors (Lipinski definition) is 0. The molecule has 0 amide bonds. The van der Waals surface area contributed by atoms with Crippen molar-refractivity contribution >= 4 is 15.9 Å². The topological polar surface area (TPSA) is 17.8 Å². The molecule has 0 fully saturated rings. The first kappa shape index (κ1) is 12.0. The normalized spacial score (nSPS) is 14.6. The molecule has 0 radical (unpaired) electrons. The summed E-state index contributed by atoms with van der Waals surface area (Å²) in [4.78, 5) is 4.70. The van der Waals surface area contributed by atoms with Gasteiger partial charge < -0.3 is 4.57 Å². The fourth-order valence-electron chi connectivity index (χ4n) is 2.63. The predicted octanol–water partition coefficient (Wildman–Crippen LogP) is 4.21. The van der Waals surface area contributed by atoms with Gasteiger partial charge in [0.25, 0.3) is 0 Å². The Hall–Kier alpha value is -1.09. The molecule has 2 aromatic rings. The van der Waals surface area contributed by atoms with E-state index in [-0.39, 0.29) is 0 Å². The Kier molecular flexibility index (Phi) is 3.25. The van der Waals surface area contributed by atoms with E-state index in [0.29, 0.717) is 0 Å². The van der Waals surface area contributed by atoms with Crippen LogP contribution in [0.1, 0.15) is 31.0 Å². The Labute approximate surface area is 116 Å². The van der Waals surface area contributed by atoms with E-state index in [0.717, 1.165) is 29.8 Å². The molecule has 3 heteroatoms. The number of rotatable bonds is 2. The van der Waals surface area contributed by atoms with E-state index in [9.17, 15) is 0 Å². The maximum Gasteiger partial charge on any atom is 0.177 e. The number of imidazole rings is 1. The van der Waals surface area contributed by atoms with Crippen LogP contribution in [-0.2, 0) is 19.4 Å². The van der Waals surface area contributed by atoms with Gasteiger partial charge >= 0.3 is 0 Å². The Morgan fingerprint density at radius 2 is 2.00 bits per heavy atom. The van der Waals surface area contributed by atoms with Gasteiger partial charge in [0.15, 0.2) is 4.73 Å². The maximum absolute atomic E-state index is 4.70. The molecule has 0 aliphatic carbocycles. The standard InChI is InChI=1S/C15H17BrN2/c1-2-11-6-8-12(9-7-11)14-13-5-3-4-10-18(13)15(16)17-14/h6-9H,2-5,10H2,1H3. The molecule has 18 heavy (non-hydrogen) atoms. The third-order valence-electron chi connectivity index (χ3n) is 3.71. The number of aryl methyl sites for hydroxylation is 1. The Balaban J connectivity index is 2.05. The highest BCUT2D eigenvalue weighted by Crippen LogP contribution is 2.31. The minimum atomic E-state index is 0.978. The quantitative estimate of drug-likeness (QED) is 0.812. The summed E-state index contributed by atoms with van der Waals surface area (Å²) in [5.74, 6) is 0. The lowest BCUT2D eigenvalue weighted by Crippen LogP contribution is -2.10. The van der Waals surface area contributed by atoms with Crippen LogP contribution in [0.15, 0.2) is 29.0 Å². The van der Waals surface area contributed by atoms with Crippen LogP contribution in [-0.4, -0.2) is 9.55 Å². The summed E-state index contributed by atoms with van der Waals surface area (Å²) >= 11 is 3.58. The lowest BCUT2D eigenvalue weighted by Gasteiger charge is -2.16. The smallest absolute Gasteiger partial charge is 0.177 e. The van der Waals surface area contributed by atoms with E-state index in [4.69, 9.17) is 4.98 Å². The number of nitrogens with zero attached hydrogens (tertiary/aromatic N) is 2. The van der Waals surface area contributed by atoms with Crippen molar-refractivity contribution in [2.45, 2.75) is 39.2 Å². The second-order valence-electron chi connectivity index (χ2n) is 4.84. The van der Waals surface area contributed by atoms with Crippen LogP contribution in [0.5, 0.6) is 0 Å². The second kappa shape index (κ2) is 4.88. The van der Waals surface area contributed by atoms with E-state index in [1.807, 2.05) is 0 Å². The van der Waals surface area contributed by atoms with Crippen molar-refractivity contribution in [3.8, 4) is 11.3 Å². The summed E-state index contributed by atoms with van der Waals surface area (Å²) < 4.78 is 3.29. The highest BCUT2D eigenvalue weighted by Gasteiger charge is 2.19. The van der Waals surface area contributed by atoms with Crippen molar-refractivity contribution in [2.24, 2.45) is 0 Å². The van der Waals surface area contributed by atoms with Gasteiger partial charge in [0.2, 0.25) is 0 Å². The van der Waals surface area contributed by atoms with Gasteiger partial charge in [0.05, 0.1) is 5.69 Å². The third kappa shape index (κ3) is 2.01. The van der Waals surface area contributed by atoms with Gasteiger partial charge in [0, 0.05) is 17.8 Å². The van der Waals surface area contributed by atoms with Crippen LogP contribution < -0.4 is 0 Å². The number of aromatic nitrogens is 2. The number of hydrogen-bond acceptors (Lipinski definition) is 1. The maximum atomic E-state index is 4.70. The van der Waals surface area contributed by atoms with Crippen molar-refractivity contribution in [3.05, 3.63) is 40.3 Å². The SMILES string of the molecule is CCc1ccc(-c2nc(Br)n3c2CCCC3)cc1. The lowest BCUT2D eigenvalue weighted by atomic mass is 10.0. The molecule has 0 N–H and O–H groups in total. The Morgan fingerprint density at radius 3 is 2.72 bits per heavy atom. The molecule has 0 saturated carbocycles. The van der Waals surface area contributed by atoms with E-state index in [2.05, 4.69) is 51.7 Å². The van der Waals surface area contributed by atoms with E-state index in [1.54, 1.807) is 0 Å². The zero-order valence-electron chi connectivity index (χ0n) is 10.6. The Morgan fingerprint density at radius 1 is 1.22 bits per heavy atom. The summed E-state index contributed by atoms with van der Waals surface area (Å²) in [6.07, 6.45) is 4.77. The molecular weight excluding hydrogens is 288 g/mol. The van der Waals surface area contributed by atoms with Crippen LogP contribution in [0.2, 0.25) is 0 Å². The molecule has 2 heterocycles.